The van der Waals surface area contributed by atoms with Crippen LogP contribution in [0.25, 0.3) is 22.3 Å². The van der Waals surface area contributed by atoms with Crippen molar-refractivity contribution in [2.45, 2.75) is 33.4 Å². The van der Waals surface area contributed by atoms with Gasteiger partial charge in [-0.3, -0.25) is 4.31 Å². The molecular weight excluding hydrogens is 481 g/mol. The van der Waals surface area contributed by atoms with E-state index in [-0.39, 0.29) is 11.9 Å². The molecule has 0 amide bonds. The number of nitrogens with one attached hydrogen (secondary N) is 1. The van der Waals surface area contributed by atoms with Crippen LogP contribution >= 0.6 is 0 Å². The number of pyridine rings is 1. The van der Waals surface area contributed by atoms with Crippen molar-refractivity contribution < 1.29 is 17.5 Å². The van der Waals surface area contributed by atoms with E-state index in [1.54, 1.807) is 24.3 Å². The van der Waals surface area contributed by atoms with Crippen LogP contribution in [-0.4, -0.2) is 42.3 Å². The number of aromatic nitrogens is 3. The molecule has 0 aliphatic carbocycles. The Kier molecular flexibility index (Phi) is 7.35. The van der Waals surface area contributed by atoms with Crippen LogP contribution in [0.4, 0.5) is 16.0 Å². The topological polar surface area (TPSA) is 97.3 Å². The molecule has 4 aromatic rings. The summed E-state index contributed by atoms with van der Waals surface area (Å²) in [5.74, 6) is 0.423. The fourth-order valence-electron chi connectivity index (χ4n) is 3.90. The van der Waals surface area contributed by atoms with Gasteiger partial charge in [0.2, 0.25) is 21.9 Å². The van der Waals surface area contributed by atoms with Gasteiger partial charge in [0, 0.05) is 18.2 Å². The Balaban J connectivity index is 1.57. The molecule has 0 spiro atoms. The first-order valence-corrected chi connectivity index (χ1v) is 13.4. The summed E-state index contributed by atoms with van der Waals surface area (Å²) in [6.07, 6.45) is 1.20. The SMILES string of the molecule is CCOc1nc(NCc2ccc(N(C(C)C)S(C)(=O)=O)cc2)nc2ccc(-c3ccc(F)cc3)nc12. The predicted octanol–water partition coefficient (Wildman–Crippen LogP) is 5.02. The van der Waals surface area contributed by atoms with Gasteiger partial charge in [-0.15, -0.1) is 0 Å². The fraction of sp³-hybridized carbons (Fsp3) is 0.269. The van der Waals surface area contributed by atoms with E-state index in [1.807, 2.05) is 45.0 Å². The van der Waals surface area contributed by atoms with E-state index >= 15 is 0 Å². The molecule has 0 fully saturated rings. The Morgan fingerprint density at radius 1 is 0.972 bits per heavy atom. The number of benzene rings is 2. The van der Waals surface area contributed by atoms with Gasteiger partial charge in [-0.25, -0.2) is 22.8 Å². The molecule has 0 saturated heterocycles. The molecule has 2 heterocycles. The van der Waals surface area contributed by atoms with Crippen molar-refractivity contribution in [1.82, 2.24) is 15.0 Å². The van der Waals surface area contributed by atoms with Crippen molar-refractivity contribution in [3.63, 3.8) is 0 Å². The number of halogens is 1. The molecule has 0 saturated carbocycles. The second-order valence-electron chi connectivity index (χ2n) is 8.53. The van der Waals surface area contributed by atoms with Crippen LogP contribution in [0.2, 0.25) is 0 Å². The highest BCUT2D eigenvalue weighted by Crippen LogP contribution is 2.27. The summed E-state index contributed by atoms with van der Waals surface area (Å²) in [4.78, 5) is 13.7. The van der Waals surface area contributed by atoms with Crippen LogP contribution in [0.3, 0.4) is 0 Å². The first-order chi connectivity index (χ1) is 17.2. The maximum Gasteiger partial charge on any atom is 0.245 e. The van der Waals surface area contributed by atoms with Gasteiger partial charge >= 0.3 is 0 Å². The number of hydrogen-bond donors (Lipinski definition) is 1. The van der Waals surface area contributed by atoms with Crippen LogP contribution in [0.1, 0.15) is 26.3 Å². The predicted molar refractivity (Wildman–Crippen MR) is 140 cm³/mol. The average Bonchev–Trinajstić information content (AvgIpc) is 2.83. The fourth-order valence-corrected chi connectivity index (χ4v) is 5.17. The highest BCUT2D eigenvalue weighted by atomic mass is 32.2. The van der Waals surface area contributed by atoms with Crippen LogP contribution in [0, 0.1) is 5.82 Å². The first-order valence-electron chi connectivity index (χ1n) is 11.6. The molecule has 0 aliphatic heterocycles. The molecule has 0 aliphatic rings. The molecule has 0 unspecified atom stereocenters. The summed E-state index contributed by atoms with van der Waals surface area (Å²) < 4.78 is 44.7. The van der Waals surface area contributed by atoms with Crippen molar-refractivity contribution in [1.29, 1.82) is 0 Å². The smallest absolute Gasteiger partial charge is 0.245 e. The monoisotopic (exact) mass is 509 g/mol. The normalized spacial score (nSPS) is 11.6. The van der Waals surface area contributed by atoms with Gasteiger partial charge in [0.05, 0.1) is 29.8 Å². The summed E-state index contributed by atoms with van der Waals surface area (Å²) in [5, 5.41) is 3.20. The zero-order valence-corrected chi connectivity index (χ0v) is 21.4. The Hall–Kier alpha value is -3.79. The highest BCUT2D eigenvalue weighted by molar-refractivity contribution is 7.92. The second kappa shape index (κ2) is 10.4. The van der Waals surface area contributed by atoms with E-state index in [9.17, 15) is 12.8 Å². The van der Waals surface area contributed by atoms with Gasteiger partial charge in [0.15, 0.2) is 5.52 Å². The van der Waals surface area contributed by atoms with E-state index in [0.29, 0.717) is 47.4 Å². The average molecular weight is 510 g/mol. The summed E-state index contributed by atoms with van der Waals surface area (Å²) in [6, 6.07) is 16.9. The minimum atomic E-state index is -3.38. The molecule has 188 valence electrons. The minimum absolute atomic E-state index is 0.191. The zero-order valence-electron chi connectivity index (χ0n) is 20.6. The van der Waals surface area contributed by atoms with E-state index in [4.69, 9.17) is 4.74 Å². The molecule has 8 nitrogen and oxygen atoms in total. The Morgan fingerprint density at radius 3 is 2.28 bits per heavy atom. The molecule has 1 N–H and O–H groups in total. The molecular formula is C26H28FN5O3S. The van der Waals surface area contributed by atoms with Gasteiger partial charge in [0.1, 0.15) is 5.82 Å². The van der Waals surface area contributed by atoms with Crippen LogP contribution in [-0.2, 0) is 16.6 Å². The Morgan fingerprint density at radius 2 is 1.67 bits per heavy atom. The van der Waals surface area contributed by atoms with Crippen LogP contribution in [0.5, 0.6) is 5.88 Å². The van der Waals surface area contributed by atoms with E-state index in [1.165, 1.54) is 22.7 Å². The Bertz CT molecular complexity index is 1460. The van der Waals surface area contributed by atoms with Crippen molar-refractivity contribution in [2.24, 2.45) is 0 Å². The number of fused-ring (bicyclic) bond motifs is 1. The van der Waals surface area contributed by atoms with Gasteiger partial charge in [-0.2, -0.15) is 4.98 Å². The minimum Gasteiger partial charge on any atom is -0.476 e. The Labute approximate surface area is 210 Å². The van der Waals surface area contributed by atoms with Gasteiger partial charge < -0.3 is 10.1 Å². The van der Waals surface area contributed by atoms with Gasteiger partial charge in [-0.1, -0.05) is 12.1 Å². The number of rotatable bonds is 9. The molecule has 36 heavy (non-hydrogen) atoms. The van der Waals surface area contributed by atoms with Crippen molar-refractivity contribution in [2.75, 3.05) is 22.5 Å². The standard InChI is InChI=1S/C26H28FN5O3S/c1-5-35-25-24-23(15-14-22(29-24)19-8-10-20(27)11-9-19)30-26(31-25)28-16-18-6-12-21(13-7-18)32(17(2)3)36(4,33)34/h6-15,17H,5,16H2,1-4H3,(H,28,30,31). The number of sulfonamides is 1. The highest BCUT2D eigenvalue weighted by Gasteiger charge is 2.20. The first kappa shape index (κ1) is 25.3. The quantitative estimate of drug-likeness (QED) is 0.338. The summed E-state index contributed by atoms with van der Waals surface area (Å²) in [7, 11) is -3.38. The third-order valence-corrected chi connectivity index (χ3v) is 6.75. The third kappa shape index (κ3) is 5.71. The lowest BCUT2D eigenvalue weighted by atomic mass is 10.1. The lowest BCUT2D eigenvalue weighted by Crippen LogP contribution is -2.36. The third-order valence-electron chi connectivity index (χ3n) is 5.40. The summed E-state index contributed by atoms with van der Waals surface area (Å²) in [5.41, 5.74) is 4.11. The molecule has 0 radical (unpaired) electrons. The maximum atomic E-state index is 13.3. The second-order valence-corrected chi connectivity index (χ2v) is 10.4. The molecule has 2 aromatic heterocycles. The lowest BCUT2D eigenvalue weighted by Gasteiger charge is -2.26. The van der Waals surface area contributed by atoms with Crippen molar-refractivity contribution >= 4 is 32.7 Å². The maximum absolute atomic E-state index is 13.3. The van der Waals surface area contributed by atoms with Crippen LogP contribution < -0.4 is 14.4 Å². The molecule has 0 bridgehead atoms. The van der Waals surface area contributed by atoms with Crippen LogP contribution in [0.15, 0.2) is 60.7 Å². The van der Waals surface area contributed by atoms with Gasteiger partial charge in [0.25, 0.3) is 0 Å². The van der Waals surface area contributed by atoms with Crippen molar-refractivity contribution in [3.8, 4) is 17.1 Å². The van der Waals surface area contributed by atoms with Crippen molar-refractivity contribution in [3.05, 3.63) is 72.0 Å². The largest absolute Gasteiger partial charge is 0.476 e. The molecule has 2 aromatic carbocycles. The number of ether oxygens (including phenoxy) is 1. The molecule has 0 atom stereocenters. The lowest BCUT2D eigenvalue weighted by molar-refractivity contribution is 0.330. The summed E-state index contributed by atoms with van der Waals surface area (Å²) in [6.45, 7) is 6.37. The molecule has 10 heteroatoms. The number of nitrogens with zero attached hydrogens (tertiary/aromatic N) is 4. The number of hydrogen-bond acceptors (Lipinski definition) is 7. The summed E-state index contributed by atoms with van der Waals surface area (Å²) >= 11 is 0. The number of anilines is 2. The van der Waals surface area contributed by atoms with E-state index in [2.05, 4.69) is 20.3 Å². The zero-order chi connectivity index (χ0) is 25.9. The van der Waals surface area contributed by atoms with E-state index in [0.717, 1.165) is 11.1 Å². The molecule has 4 rings (SSSR count). The van der Waals surface area contributed by atoms with Gasteiger partial charge in [-0.05, 0) is 74.9 Å². The van der Waals surface area contributed by atoms with E-state index < -0.39 is 10.0 Å².